The van der Waals surface area contributed by atoms with Gasteiger partial charge in [-0.2, -0.15) is 4.99 Å². The minimum atomic E-state index is -0.447. The molecule has 1 aromatic rings. The fraction of sp³-hybridized carbons (Fsp3) is 0.154. The van der Waals surface area contributed by atoms with Crippen LogP contribution in [0.3, 0.4) is 0 Å². The molecule has 0 bridgehead atoms. The molecule has 2 rings (SSSR count). The fourth-order valence-electron chi connectivity index (χ4n) is 1.50. The highest BCUT2D eigenvalue weighted by atomic mass is 127. The number of carbonyl (C=O) groups is 2. The number of benzene rings is 1. The Morgan fingerprint density at radius 3 is 2.86 bits per heavy atom. The molecule has 0 radical (unpaired) electrons. The first-order chi connectivity index (χ1) is 9.99. The van der Waals surface area contributed by atoms with Crippen molar-refractivity contribution in [2.75, 3.05) is 13.7 Å². The van der Waals surface area contributed by atoms with Gasteiger partial charge in [-0.15, -0.1) is 0 Å². The summed E-state index contributed by atoms with van der Waals surface area (Å²) in [5.74, 6) is -0.208. The molecule has 1 aliphatic rings. The largest absolute Gasteiger partial charge is 0.481 e. The van der Waals surface area contributed by atoms with E-state index in [0.29, 0.717) is 10.7 Å². The third-order valence-corrected chi connectivity index (χ3v) is 4.12. The molecule has 0 spiro atoms. The van der Waals surface area contributed by atoms with Crippen LogP contribution in [0.4, 0.5) is 0 Å². The van der Waals surface area contributed by atoms with Crippen molar-refractivity contribution in [2.24, 2.45) is 10.7 Å². The highest BCUT2D eigenvalue weighted by molar-refractivity contribution is 14.1. The minimum absolute atomic E-state index is 0.147. The summed E-state index contributed by atoms with van der Waals surface area (Å²) in [4.78, 5) is 26.7. The molecule has 0 fully saturated rings. The first kappa shape index (κ1) is 15.8. The van der Waals surface area contributed by atoms with Crippen LogP contribution in [-0.2, 0) is 14.3 Å². The van der Waals surface area contributed by atoms with Crippen molar-refractivity contribution in [3.8, 4) is 5.75 Å². The van der Waals surface area contributed by atoms with Gasteiger partial charge in [-0.25, -0.2) is 4.79 Å². The van der Waals surface area contributed by atoms with E-state index in [1.807, 2.05) is 6.07 Å². The Hall–Kier alpha value is -1.55. The van der Waals surface area contributed by atoms with Crippen molar-refractivity contribution in [2.45, 2.75) is 0 Å². The highest BCUT2D eigenvalue weighted by Crippen LogP contribution is 2.28. The molecule has 1 aromatic carbocycles. The Bertz CT molecular complexity index is 658. The maximum atomic E-state index is 11.5. The molecule has 6 nitrogen and oxygen atoms in total. The van der Waals surface area contributed by atoms with Gasteiger partial charge in [0.2, 0.25) is 0 Å². The number of methoxy groups -OCH3 is 1. The molecule has 1 aliphatic heterocycles. The van der Waals surface area contributed by atoms with Gasteiger partial charge in [0, 0.05) is 0 Å². The molecule has 1 amide bonds. The summed E-state index contributed by atoms with van der Waals surface area (Å²) in [7, 11) is 1.30. The van der Waals surface area contributed by atoms with E-state index in [9.17, 15) is 9.59 Å². The Labute approximate surface area is 138 Å². The summed E-state index contributed by atoms with van der Waals surface area (Å²) in [6.07, 6.45) is 1.71. The van der Waals surface area contributed by atoms with Gasteiger partial charge in [-0.1, -0.05) is 6.07 Å². The number of halogens is 1. The number of carbonyl (C=O) groups excluding carboxylic acids is 2. The Balaban J connectivity index is 2.11. The molecule has 0 unspecified atom stereocenters. The number of ether oxygens (including phenoxy) is 2. The second kappa shape index (κ2) is 6.94. The van der Waals surface area contributed by atoms with Crippen LogP contribution >= 0.6 is 34.4 Å². The molecule has 21 heavy (non-hydrogen) atoms. The Morgan fingerprint density at radius 1 is 1.52 bits per heavy atom. The summed E-state index contributed by atoms with van der Waals surface area (Å²) in [5, 5.41) is 0.249. The average Bonchev–Trinajstić information content (AvgIpc) is 2.75. The minimum Gasteiger partial charge on any atom is -0.481 e. The predicted molar refractivity (Wildman–Crippen MR) is 88.9 cm³/mol. The standard InChI is InChI=1S/C13H11IN2O4S/c1-19-11(17)6-20-9-3-2-7(4-8(9)14)5-10-12(18)16-13(15)21-10/h2-5H,6H2,1H3,(H2,15,16,18). The molecule has 110 valence electrons. The van der Waals surface area contributed by atoms with E-state index in [1.165, 1.54) is 7.11 Å². The number of aliphatic imine (C=N–C) groups is 1. The quantitative estimate of drug-likeness (QED) is 0.456. The lowest BCUT2D eigenvalue weighted by atomic mass is 10.2. The summed E-state index contributed by atoms with van der Waals surface area (Å²) in [6, 6.07) is 5.35. The van der Waals surface area contributed by atoms with Gasteiger partial charge in [0.15, 0.2) is 11.8 Å². The number of nitrogens with two attached hydrogens (primary N) is 1. The van der Waals surface area contributed by atoms with Crippen LogP contribution in [0.15, 0.2) is 28.1 Å². The third kappa shape index (κ3) is 4.21. The van der Waals surface area contributed by atoms with E-state index in [1.54, 1.807) is 18.2 Å². The third-order valence-electron chi connectivity index (χ3n) is 2.46. The Morgan fingerprint density at radius 2 is 2.29 bits per heavy atom. The van der Waals surface area contributed by atoms with Gasteiger partial charge in [0.25, 0.3) is 5.91 Å². The molecule has 0 atom stereocenters. The zero-order chi connectivity index (χ0) is 15.4. The van der Waals surface area contributed by atoms with Crippen molar-refractivity contribution >= 4 is 57.5 Å². The van der Waals surface area contributed by atoms with Gasteiger partial charge in [0.1, 0.15) is 5.75 Å². The van der Waals surface area contributed by atoms with Gasteiger partial charge >= 0.3 is 5.97 Å². The van der Waals surface area contributed by atoms with Gasteiger partial charge in [-0.05, 0) is 58.1 Å². The average molecular weight is 418 g/mol. The zero-order valence-corrected chi connectivity index (χ0v) is 13.9. The molecule has 8 heteroatoms. The van der Waals surface area contributed by atoms with Gasteiger partial charge in [-0.3, -0.25) is 4.79 Å². The number of esters is 1. The SMILES string of the molecule is COC(=O)COc1ccc(C=C2SC(N)=NC2=O)cc1I. The van der Waals surface area contributed by atoms with E-state index in [4.69, 9.17) is 10.5 Å². The second-order valence-corrected chi connectivity index (χ2v) is 6.14. The summed E-state index contributed by atoms with van der Waals surface area (Å²) < 4.78 is 10.7. The van der Waals surface area contributed by atoms with E-state index in [0.717, 1.165) is 20.9 Å². The molecule has 0 saturated carbocycles. The molecular weight excluding hydrogens is 407 g/mol. The molecular formula is C13H11IN2O4S. The van der Waals surface area contributed by atoms with Crippen molar-refractivity contribution in [3.05, 3.63) is 32.2 Å². The number of hydrogen-bond donors (Lipinski definition) is 1. The lowest BCUT2D eigenvalue weighted by molar-refractivity contribution is -0.142. The van der Waals surface area contributed by atoms with Crippen LogP contribution in [0.1, 0.15) is 5.56 Å². The van der Waals surface area contributed by atoms with Crippen LogP contribution in [0.5, 0.6) is 5.75 Å². The van der Waals surface area contributed by atoms with E-state index < -0.39 is 5.97 Å². The predicted octanol–water partition coefficient (Wildman–Crippen LogP) is 1.77. The molecule has 0 aromatic heterocycles. The van der Waals surface area contributed by atoms with Crippen LogP contribution < -0.4 is 10.5 Å². The van der Waals surface area contributed by atoms with Crippen molar-refractivity contribution in [1.82, 2.24) is 0 Å². The van der Waals surface area contributed by atoms with Crippen LogP contribution in [0.2, 0.25) is 0 Å². The van der Waals surface area contributed by atoms with Crippen molar-refractivity contribution in [3.63, 3.8) is 0 Å². The van der Waals surface area contributed by atoms with E-state index in [2.05, 4.69) is 32.3 Å². The topological polar surface area (TPSA) is 91.0 Å². The lowest BCUT2D eigenvalue weighted by Gasteiger charge is -2.07. The monoisotopic (exact) mass is 418 g/mol. The smallest absolute Gasteiger partial charge is 0.343 e. The first-order valence-electron chi connectivity index (χ1n) is 5.77. The highest BCUT2D eigenvalue weighted by Gasteiger charge is 2.19. The maximum Gasteiger partial charge on any atom is 0.343 e. The van der Waals surface area contributed by atoms with Gasteiger partial charge in [0.05, 0.1) is 15.6 Å². The summed E-state index contributed by atoms with van der Waals surface area (Å²) in [5.41, 5.74) is 6.31. The molecule has 0 saturated heterocycles. The van der Waals surface area contributed by atoms with Crippen LogP contribution in [0.25, 0.3) is 6.08 Å². The number of hydrogen-bond acceptors (Lipinski definition) is 6. The maximum absolute atomic E-state index is 11.5. The number of amidine groups is 1. The van der Waals surface area contributed by atoms with Crippen molar-refractivity contribution in [1.29, 1.82) is 0 Å². The normalized spacial score (nSPS) is 16.0. The number of nitrogens with zero attached hydrogens (tertiary/aromatic N) is 1. The first-order valence-corrected chi connectivity index (χ1v) is 7.66. The summed E-state index contributed by atoms with van der Waals surface area (Å²) in [6.45, 7) is -0.147. The summed E-state index contributed by atoms with van der Waals surface area (Å²) >= 11 is 3.23. The fourth-order valence-corrected chi connectivity index (χ4v) is 2.87. The number of rotatable bonds is 4. The van der Waals surface area contributed by atoms with E-state index in [-0.39, 0.29) is 17.7 Å². The molecule has 0 aliphatic carbocycles. The van der Waals surface area contributed by atoms with E-state index >= 15 is 0 Å². The van der Waals surface area contributed by atoms with Crippen LogP contribution in [0, 0.1) is 3.57 Å². The van der Waals surface area contributed by atoms with Crippen molar-refractivity contribution < 1.29 is 19.1 Å². The lowest BCUT2D eigenvalue weighted by Crippen LogP contribution is -2.13. The molecule has 2 N–H and O–H groups in total. The number of amides is 1. The Kier molecular flexibility index (Phi) is 5.23. The van der Waals surface area contributed by atoms with Gasteiger partial charge < -0.3 is 15.2 Å². The second-order valence-electron chi connectivity index (χ2n) is 3.92. The van der Waals surface area contributed by atoms with Crippen LogP contribution in [-0.4, -0.2) is 30.8 Å². The zero-order valence-electron chi connectivity index (χ0n) is 11.0. The molecule has 1 heterocycles. The number of thioether (sulfide) groups is 1.